The Kier molecular flexibility index (Phi) is 5.38. The molecule has 7 nitrogen and oxygen atoms in total. The molecule has 0 spiro atoms. The summed E-state index contributed by atoms with van der Waals surface area (Å²) < 4.78 is 0. The van der Waals surface area contributed by atoms with Crippen molar-refractivity contribution in [1.29, 1.82) is 0 Å². The first-order valence-electron chi connectivity index (χ1n) is 10.3. The zero-order valence-electron chi connectivity index (χ0n) is 16.8. The first kappa shape index (κ1) is 19.2. The molecule has 1 unspecified atom stereocenters. The number of aryl methyl sites for hydroxylation is 2. The van der Waals surface area contributed by atoms with E-state index < -0.39 is 6.04 Å². The lowest BCUT2D eigenvalue weighted by atomic mass is 9.95. The van der Waals surface area contributed by atoms with E-state index in [-0.39, 0.29) is 17.7 Å². The van der Waals surface area contributed by atoms with Gasteiger partial charge < -0.3 is 15.6 Å². The van der Waals surface area contributed by atoms with Gasteiger partial charge in [-0.3, -0.25) is 14.7 Å². The van der Waals surface area contributed by atoms with E-state index in [1.165, 1.54) is 24.1 Å². The molecule has 1 atom stereocenters. The van der Waals surface area contributed by atoms with Gasteiger partial charge in [0.05, 0.1) is 6.20 Å². The van der Waals surface area contributed by atoms with E-state index in [4.69, 9.17) is 0 Å². The van der Waals surface area contributed by atoms with Crippen LogP contribution in [0.1, 0.15) is 54.7 Å². The summed E-state index contributed by atoms with van der Waals surface area (Å²) in [5.41, 5.74) is 4.27. The van der Waals surface area contributed by atoms with Gasteiger partial charge in [0.25, 0.3) is 5.91 Å². The van der Waals surface area contributed by atoms with Gasteiger partial charge in [-0.1, -0.05) is 13.8 Å². The smallest absolute Gasteiger partial charge is 0.251 e. The second-order valence-electron chi connectivity index (χ2n) is 8.16. The van der Waals surface area contributed by atoms with E-state index in [0.717, 1.165) is 23.7 Å². The van der Waals surface area contributed by atoms with Crippen LogP contribution in [-0.4, -0.2) is 33.0 Å². The zero-order valence-corrected chi connectivity index (χ0v) is 16.8. The molecular weight excluding hydrogens is 366 g/mol. The maximum absolute atomic E-state index is 13.0. The van der Waals surface area contributed by atoms with E-state index in [2.05, 4.69) is 25.8 Å². The predicted molar refractivity (Wildman–Crippen MR) is 113 cm³/mol. The maximum Gasteiger partial charge on any atom is 0.251 e. The highest BCUT2D eigenvalue weighted by atomic mass is 16.2. The molecule has 4 N–H and O–H groups in total. The molecular formula is C22H27N5O2. The van der Waals surface area contributed by atoms with Gasteiger partial charge in [-0.2, -0.15) is 5.10 Å². The lowest BCUT2D eigenvalue weighted by molar-refractivity contribution is -0.118. The number of carbonyl (C=O) groups excluding carboxylic acids is 2. The van der Waals surface area contributed by atoms with Crippen LogP contribution in [-0.2, 0) is 17.6 Å². The summed E-state index contributed by atoms with van der Waals surface area (Å²) in [4.78, 5) is 29.1. The Hall–Kier alpha value is -3.09. The summed E-state index contributed by atoms with van der Waals surface area (Å²) >= 11 is 0. The maximum atomic E-state index is 13.0. The fourth-order valence-corrected chi connectivity index (χ4v) is 4.04. The molecule has 0 saturated carbocycles. The van der Waals surface area contributed by atoms with Crippen molar-refractivity contribution in [2.75, 3.05) is 5.32 Å². The molecule has 2 amide bonds. The van der Waals surface area contributed by atoms with Crippen molar-refractivity contribution in [2.24, 2.45) is 5.92 Å². The molecule has 0 bridgehead atoms. The SMILES string of the molecule is CC(C)CC(NC(=O)c1ccc2[nH]c3c(c2c1)CCCC3)C(=O)Nc1ccn[nH]1. The molecule has 7 heteroatoms. The average molecular weight is 393 g/mol. The Bertz CT molecular complexity index is 1020. The third-order valence-electron chi connectivity index (χ3n) is 5.45. The van der Waals surface area contributed by atoms with E-state index in [1.807, 2.05) is 32.0 Å². The van der Waals surface area contributed by atoms with Gasteiger partial charge in [-0.25, -0.2) is 0 Å². The van der Waals surface area contributed by atoms with Crippen LogP contribution in [0.3, 0.4) is 0 Å². The highest BCUT2D eigenvalue weighted by Gasteiger charge is 2.24. The normalized spacial score (nSPS) is 14.6. The molecule has 3 aromatic rings. The quantitative estimate of drug-likeness (QED) is 0.515. The second-order valence-corrected chi connectivity index (χ2v) is 8.16. The number of hydrogen-bond acceptors (Lipinski definition) is 3. The molecule has 2 aromatic heterocycles. The summed E-state index contributed by atoms with van der Waals surface area (Å²) in [6, 6.07) is 6.78. The van der Waals surface area contributed by atoms with E-state index in [1.54, 1.807) is 12.3 Å². The second kappa shape index (κ2) is 8.11. The van der Waals surface area contributed by atoms with Gasteiger partial charge in [-0.15, -0.1) is 0 Å². The summed E-state index contributed by atoms with van der Waals surface area (Å²) in [5.74, 6) is 0.282. The lowest BCUT2D eigenvalue weighted by Gasteiger charge is -2.20. The number of hydrogen-bond donors (Lipinski definition) is 4. The van der Waals surface area contributed by atoms with Crippen LogP contribution in [0.2, 0.25) is 0 Å². The molecule has 2 heterocycles. The third kappa shape index (κ3) is 4.18. The first-order valence-corrected chi connectivity index (χ1v) is 10.3. The lowest BCUT2D eigenvalue weighted by Crippen LogP contribution is -2.44. The number of aromatic amines is 2. The molecule has 0 radical (unpaired) electrons. The fraction of sp³-hybridized carbons (Fsp3) is 0.409. The Balaban J connectivity index is 1.54. The zero-order chi connectivity index (χ0) is 20.4. The highest BCUT2D eigenvalue weighted by Crippen LogP contribution is 2.29. The van der Waals surface area contributed by atoms with Crippen LogP contribution >= 0.6 is 0 Å². The van der Waals surface area contributed by atoms with Gasteiger partial charge in [-0.05, 0) is 61.8 Å². The predicted octanol–water partition coefficient (Wildman–Crippen LogP) is 3.55. The molecule has 1 aliphatic carbocycles. The minimum atomic E-state index is -0.623. The van der Waals surface area contributed by atoms with Crippen molar-refractivity contribution in [1.82, 2.24) is 20.5 Å². The number of nitrogens with one attached hydrogen (secondary N) is 4. The number of carbonyl (C=O) groups is 2. The number of rotatable bonds is 6. The van der Waals surface area contributed by atoms with Gasteiger partial charge in [0.2, 0.25) is 5.91 Å². The van der Waals surface area contributed by atoms with Gasteiger partial charge in [0.15, 0.2) is 0 Å². The third-order valence-corrected chi connectivity index (χ3v) is 5.45. The molecule has 0 saturated heterocycles. The molecule has 29 heavy (non-hydrogen) atoms. The van der Waals surface area contributed by atoms with Crippen LogP contribution in [0.4, 0.5) is 5.82 Å². The Morgan fingerprint density at radius 2 is 2.00 bits per heavy atom. The number of anilines is 1. The van der Waals surface area contributed by atoms with Crippen LogP contribution in [0.15, 0.2) is 30.5 Å². The topological polar surface area (TPSA) is 103 Å². The van der Waals surface area contributed by atoms with Gasteiger partial charge in [0, 0.05) is 28.2 Å². The number of benzene rings is 1. The summed E-state index contributed by atoms with van der Waals surface area (Å²) in [6.07, 6.45) is 6.61. The van der Waals surface area contributed by atoms with E-state index in [0.29, 0.717) is 17.8 Å². The van der Waals surface area contributed by atoms with Crippen molar-refractivity contribution in [3.05, 3.63) is 47.3 Å². The molecule has 1 aliphatic rings. The fourth-order valence-electron chi connectivity index (χ4n) is 4.04. The van der Waals surface area contributed by atoms with Crippen LogP contribution in [0, 0.1) is 5.92 Å². The molecule has 0 fully saturated rings. The average Bonchev–Trinajstić information content (AvgIpc) is 3.33. The highest BCUT2D eigenvalue weighted by molar-refractivity contribution is 6.03. The van der Waals surface area contributed by atoms with E-state index >= 15 is 0 Å². The standard InChI is InChI=1S/C22H27N5O2/c1-13(2)11-19(22(29)26-20-9-10-23-27-20)25-21(28)14-7-8-18-16(12-14)15-5-3-4-6-17(15)24-18/h7-10,12-13,19,24H,3-6,11H2,1-2H3,(H,25,28)(H2,23,26,27,29). The summed E-state index contributed by atoms with van der Waals surface area (Å²) in [5, 5.41) is 13.4. The monoisotopic (exact) mass is 393 g/mol. The van der Waals surface area contributed by atoms with Gasteiger partial charge >= 0.3 is 0 Å². The minimum Gasteiger partial charge on any atom is -0.358 e. The van der Waals surface area contributed by atoms with E-state index in [9.17, 15) is 9.59 Å². The Morgan fingerprint density at radius 3 is 2.76 bits per heavy atom. The number of aromatic nitrogens is 3. The Labute approximate surface area is 169 Å². The largest absolute Gasteiger partial charge is 0.358 e. The van der Waals surface area contributed by atoms with Crippen LogP contribution in [0.5, 0.6) is 0 Å². The van der Waals surface area contributed by atoms with Crippen molar-refractivity contribution < 1.29 is 9.59 Å². The first-order chi connectivity index (χ1) is 14.0. The van der Waals surface area contributed by atoms with Gasteiger partial charge in [0.1, 0.15) is 11.9 Å². The molecule has 1 aromatic carbocycles. The van der Waals surface area contributed by atoms with Crippen LogP contribution < -0.4 is 10.6 Å². The summed E-state index contributed by atoms with van der Waals surface area (Å²) in [7, 11) is 0. The number of fused-ring (bicyclic) bond motifs is 3. The van der Waals surface area contributed by atoms with Crippen molar-refractivity contribution >= 4 is 28.5 Å². The molecule has 0 aliphatic heterocycles. The minimum absolute atomic E-state index is 0.233. The number of H-pyrrole nitrogens is 2. The number of amides is 2. The van der Waals surface area contributed by atoms with Crippen molar-refractivity contribution in [3.63, 3.8) is 0 Å². The molecule has 152 valence electrons. The van der Waals surface area contributed by atoms with Crippen LogP contribution in [0.25, 0.3) is 10.9 Å². The van der Waals surface area contributed by atoms with Crippen molar-refractivity contribution in [3.8, 4) is 0 Å². The Morgan fingerprint density at radius 1 is 1.17 bits per heavy atom. The van der Waals surface area contributed by atoms with Crippen molar-refractivity contribution in [2.45, 2.75) is 52.0 Å². The molecule has 4 rings (SSSR count). The summed E-state index contributed by atoms with van der Waals surface area (Å²) in [6.45, 7) is 4.06. The number of nitrogens with zero attached hydrogens (tertiary/aromatic N) is 1.